The van der Waals surface area contributed by atoms with Gasteiger partial charge in [-0.15, -0.1) is 0 Å². The minimum absolute atomic E-state index is 0.339. The van der Waals surface area contributed by atoms with Crippen molar-refractivity contribution in [2.45, 2.75) is 6.18 Å². The molecule has 0 radical (unpaired) electrons. The molecule has 4 heterocycles. The zero-order valence-corrected chi connectivity index (χ0v) is 18.8. The van der Waals surface area contributed by atoms with Crippen molar-refractivity contribution >= 4 is 61.4 Å². The van der Waals surface area contributed by atoms with Crippen LogP contribution in [0.1, 0.15) is 11.3 Å². The number of imidazole rings is 1. The van der Waals surface area contributed by atoms with Crippen molar-refractivity contribution in [3.8, 4) is 0 Å². The fraction of sp³-hybridized carbons (Fsp3) is 0.0909. The number of pyridine rings is 1. The van der Waals surface area contributed by atoms with E-state index in [1.54, 1.807) is 6.20 Å². The van der Waals surface area contributed by atoms with Crippen molar-refractivity contribution in [2.24, 2.45) is 7.05 Å². The Hall–Kier alpha value is -3.93. The lowest BCUT2D eigenvalue weighted by Crippen LogP contribution is -2.23. The maximum atomic E-state index is 12.7. The Labute approximate surface area is 197 Å². The third-order valence-electron chi connectivity index (χ3n) is 5.07. The van der Waals surface area contributed by atoms with E-state index >= 15 is 0 Å². The number of carboxylic acid groups (broad SMARTS) is 1. The Morgan fingerprint density at radius 1 is 1.12 bits per heavy atom. The number of nitrogens with zero attached hydrogens (tertiary/aromatic N) is 3. The molecule has 1 aliphatic rings. The highest BCUT2D eigenvalue weighted by Crippen LogP contribution is 2.36. The first-order valence-electron chi connectivity index (χ1n) is 9.56. The molecule has 5 rings (SSSR count). The lowest BCUT2D eigenvalue weighted by atomic mass is 9.99. The number of amides is 2. The van der Waals surface area contributed by atoms with Crippen LogP contribution in [0.4, 0.5) is 13.2 Å². The second-order valence-electron chi connectivity index (χ2n) is 7.22. The number of halogens is 4. The van der Waals surface area contributed by atoms with Crippen molar-refractivity contribution in [3.05, 3.63) is 70.7 Å². The summed E-state index contributed by atoms with van der Waals surface area (Å²) in [5, 5.41) is 10.5. The molecular formula is C22H14BrF3N4O4. The highest BCUT2D eigenvalue weighted by Gasteiger charge is 2.38. The molecule has 1 aliphatic heterocycles. The van der Waals surface area contributed by atoms with Gasteiger partial charge in [-0.2, -0.15) is 13.2 Å². The number of aliphatic carboxylic acids is 1. The summed E-state index contributed by atoms with van der Waals surface area (Å²) in [4.78, 5) is 38.7. The van der Waals surface area contributed by atoms with E-state index in [4.69, 9.17) is 9.90 Å². The van der Waals surface area contributed by atoms with Crippen LogP contribution in [0.25, 0.3) is 27.7 Å². The molecule has 0 aliphatic carbocycles. The summed E-state index contributed by atoms with van der Waals surface area (Å²) < 4.78 is 36.4. The fourth-order valence-corrected chi connectivity index (χ4v) is 4.00. The van der Waals surface area contributed by atoms with Crippen LogP contribution in [0.3, 0.4) is 0 Å². The zero-order chi connectivity index (χ0) is 24.8. The van der Waals surface area contributed by atoms with Gasteiger partial charge in [0.2, 0.25) is 0 Å². The number of hydrogen-bond acceptors (Lipinski definition) is 4. The van der Waals surface area contributed by atoms with Crippen LogP contribution < -0.4 is 5.32 Å². The molecule has 2 amide bonds. The summed E-state index contributed by atoms with van der Waals surface area (Å²) in [6.45, 7) is 0. The number of benzene rings is 1. The van der Waals surface area contributed by atoms with Crippen LogP contribution in [-0.2, 0) is 21.4 Å². The van der Waals surface area contributed by atoms with Gasteiger partial charge in [0.05, 0.1) is 23.0 Å². The van der Waals surface area contributed by atoms with E-state index in [2.05, 4.69) is 26.2 Å². The van der Waals surface area contributed by atoms with Gasteiger partial charge in [0, 0.05) is 40.4 Å². The molecule has 3 aromatic heterocycles. The number of fused-ring (bicyclic) bond motifs is 2. The monoisotopic (exact) mass is 534 g/mol. The number of carbonyl (C=O) groups is 3. The van der Waals surface area contributed by atoms with E-state index in [0.717, 1.165) is 20.9 Å². The summed E-state index contributed by atoms with van der Waals surface area (Å²) in [6.07, 6.45) is 0.260. The summed E-state index contributed by atoms with van der Waals surface area (Å²) in [5.41, 5.74) is 3.71. The van der Waals surface area contributed by atoms with Crippen molar-refractivity contribution in [1.29, 1.82) is 0 Å². The second-order valence-corrected chi connectivity index (χ2v) is 8.14. The number of nitrogens with one attached hydrogen (secondary N) is 1. The number of carboxylic acids is 1. The van der Waals surface area contributed by atoms with E-state index in [1.165, 1.54) is 0 Å². The summed E-state index contributed by atoms with van der Waals surface area (Å²) in [5.74, 6) is -3.56. The normalized spacial score (nSPS) is 13.9. The highest BCUT2D eigenvalue weighted by atomic mass is 79.9. The molecule has 4 aromatic rings. The van der Waals surface area contributed by atoms with Gasteiger partial charge in [-0.3, -0.25) is 19.3 Å². The molecule has 0 saturated carbocycles. The van der Waals surface area contributed by atoms with Gasteiger partial charge in [0.25, 0.3) is 11.8 Å². The van der Waals surface area contributed by atoms with Crippen LogP contribution in [-0.4, -0.2) is 43.0 Å². The molecule has 1 aromatic carbocycles. The molecule has 0 saturated heterocycles. The third kappa shape index (κ3) is 4.07. The van der Waals surface area contributed by atoms with Gasteiger partial charge in [0.1, 0.15) is 5.65 Å². The van der Waals surface area contributed by atoms with E-state index in [1.807, 2.05) is 64.8 Å². The first-order chi connectivity index (χ1) is 16.0. The first-order valence-corrected chi connectivity index (χ1v) is 10.4. The van der Waals surface area contributed by atoms with Crippen molar-refractivity contribution in [2.75, 3.05) is 0 Å². The Bertz CT molecular complexity index is 1520. The van der Waals surface area contributed by atoms with Crippen LogP contribution in [0, 0.1) is 0 Å². The number of carbonyl (C=O) groups excluding carboxylic acids is 2. The number of imide groups is 1. The predicted octanol–water partition coefficient (Wildman–Crippen LogP) is 3.79. The Balaban J connectivity index is 0.000000344. The number of hydrogen-bond donors (Lipinski definition) is 2. The fourth-order valence-electron chi connectivity index (χ4n) is 3.64. The largest absolute Gasteiger partial charge is 0.490 e. The standard InChI is InChI=1S/C20H13BrN4O2.C2HF3O2/c1-24-10-13(12-8-11(21)5-6-14(12)24)17-18(20(27)23-19(17)26)15-9-22-16-4-2-3-7-25(15)16;3-2(4,5)1(6)7/h2-10H,1H3,(H,23,26,27);(H,6,7). The SMILES string of the molecule is Cn1cc(C2=C(c3cnc4ccccn34)C(=O)NC2=O)c2cc(Br)ccc21.O=C(O)C(F)(F)F. The van der Waals surface area contributed by atoms with Crippen molar-refractivity contribution in [1.82, 2.24) is 19.3 Å². The highest BCUT2D eigenvalue weighted by molar-refractivity contribution is 9.10. The van der Waals surface area contributed by atoms with E-state index in [9.17, 15) is 22.8 Å². The summed E-state index contributed by atoms with van der Waals surface area (Å²) in [7, 11) is 1.92. The van der Waals surface area contributed by atoms with Gasteiger partial charge < -0.3 is 9.67 Å². The molecule has 2 N–H and O–H groups in total. The zero-order valence-electron chi connectivity index (χ0n) is 17.2. The van der Waals surface area contributed by atoms with E-state index in [-0.39, 0.29) is 0 Å². The summed E-state index contributed by atoms with van der Waals surface area (Å²) in [6, 6.07) is 11.5. The molecule has 34 heavy (non-hydrogen) atoms. The average molecular weight is 535 g/mol. The Morgan fingerprint density at radius 2 is 1.79 bits per heavy atom. The Kier molecular flexibility index (Phi) is 5.77. The van der Waals surface area contributed by atoms with Gasteiger partial charge in [-0.05, 0) is 30.3 Å². The van der Waals surface area contributed by atoms with E-state index in [0.29, 0.717) is 22.5 Å². The smallest absolute Gasteiger partial charge is 0.475 e. The van der Waals surface area contributed by atoms with Crippen LogP contribution in [0.2, 0.25) is 0 Å². The number of aryl methyl sites for hydroxylation is 1. The second kappa shape index (κ2) is 8.45. The van der Waals surface area contributed by atoms with Crippen molar-refractivity contribution in [3.63, 3.8) is 0 Å². The first kappa shape index (κ1) is 23.2. The molecule has 8 nitrogen and oxygen atoms in total. The minimum Gasteiger partial charge on any atom is -0.475 e. The van der Waals surface area contributed by atoms with Gasteiger partial charge >= 0.3 is 12.1 Å². The average Bonchev–Trinajstić information content (AvgIpc) is 3.40. The molecule has 0 bridgehead atoms. The van der Waals surface area contributed by atoms with Crippen LogP contribution in [0.15, 0.2) is 59.5 Å². The van der Waals surface area contributed by atoms with Crippen molar-refractivity contribution < 1.29 is 32.7 Å². The topological polar surface area (TPSA) is 106 Å². The Morgan fingerprint density at radius 3 is 2.47 bits per heavy atom. The molecule has 0 fully saturated rings. The minimum atomic E-state index is -5.08. The van der Waals surface area contributed by atoms with Gasteiger partial charge in [-0.25, -0.2) is 9.78 Å². The molecule has 0 spiro atoms. The van der Waals surface area contributed by atoms with E-state index < -0.39 is 24.0 Å². The van der Waals surface area contributed by atoms with Gasteiger partial charge in [0.15, 0.2) is 0 Å². The van der Waals surface area contributed by atoms with Crippen LogP contribution >= 0.6 is 15.9 Å². The third-order valence-corrected chi connectivity index (χ3v) is 5.56. The summed E-state index contributed by atoms with van der Waals surface area (Å²) >= 11 is 3.49. The predicted molar refractivity (Wildman–Crippen MR) is 119 cm³/mol. The molecule has 0 atom stereocenters. The number of rotatable bonds is 2. The molecule has 174 valence electrons. The quantitative estimate of drug-likeness (QED) is 0.380. The maximum absolute atomic E-state index is 12.7. The number of aromatic nitrogens is 3. The lowest BCUT2D eigenvalue weighted by molar-refractivity contribution is -0.192. The molecule has 12 heteroatoms. The lowest BCUT2D eigenvalue weighted by Gasteiger charge is -2.04. The molecular weight excluding hydrogens is 521 g/mol. The maximum Gasteiger partial charge on any atom is 0.490 e. The molecule has 0 unspecified atom stereocenters. The number of alkyl halides is 3. The van der Waals surface area contributed by atoms with Crippen LogP contribution in [0.5, 0.6) is 0 Å². The van der Waals surface area contributed by atoms with Gasteiger partial charge in [-0.1, -0.05) is 22.0 Å².